The molecule has 2 aromatic carbocycles. The molecule has 0 bridgehead atoms. The third kappa shape index (κ3) is 4.36. The summed E-state index contributed by atoms with van der Waals surface area (Å²) in [5.41, 5.74) is 0.808. The molecule has 0 unspecified atom stereocenters. The van der Waals surface area contributed by atoms with Crippen LogP contribution in [0.4, 0.5) is 13.2 Å². The molecule has 0 spiro atoms. The van der Waals surface area contributed by atoms with Gasteiger partial charge in [0.05, 0.1) is 5.56 Å². The van der Waals surface area contributed by atoms with Gasteiger partial charge in [-0.2, -0.15) is 13.2 Å². The van der Waals surface area contributed by atoms with Crippen molar-refractivity contribution in [3.63, 3.8) is 0 Å². The Bertz CT molecular complexity index is 748. The maximum absolute atomic E-state index is 12.7. The second kappa shape index (κ2) is 7.06. The fourth-order valence-corrected chi connectivity index (χ4v) is 2.19. The number of carbonyl (C=O) groups is 1. The summed E-state index contributed by atoms with van der Waals surface area (Å²) >= 11 is 0. The van der Waals surface area contributed by atoms with Gasteiger partial charge >= 0.3 is 13.3 Å². The molecule has 0 aromatic heterocycles. The maximum atomic E-state index is 12.7. The summed E-state index contributed by atoms with van der Waals surface area (Å²) in [5, 5.41) is 20.7. The lowest BCUT2D eigenvalue weighted by Crippen LogP contribution is -2.30. The molecule has 0 heterocycles. The monoisotopic (exact) mass is 337 g/mol. The van der Waals surface area contributed by atoms with Crippen LogP contribution in [0.5, 0.6) is 0 Å². The van der Waals surface area contributed by atoms with Crippen molar-refractivity contribution in [2.24, 2.45) is 0 Å². The summed E-state index contributed by atoms with van der Waals surface area (Å²) in [6, 6.07) is 8.88. The zero-order valence-corrected chi connectivity index (χ0v) is 12.8. The largest absolute Gasteiger partial charge is 0.488 e. The first kappa shape index (κ1) is 18.0. The molecule has 0 saturated heterocycles. The van der Waals surface area contributed by atoms with E-state index in [1.807, 2.05) is 0 Å². The number of halogens is 3. The van der Waals surface area contributed by atoms with Crippen LogP contribution in [-0.2, 0) is 12.7 Å². The SMILES string of the molecule is Cc1cc(B(O)O)ccc1CNC(=O)c1cccc(C(F)(F)F)c1. The van der Waals surface area contributed by atoms with Gasteiger partial charge in [-0.3, -0.25) is 4.79 Å². The lowest BCUT2D eigenvalue weighted by molar-refractivity contribution is -0.137. The summed E-state index contributed by atoms with van der Waals surface area (Å²) in [4.78, 5) is 12.0. The van der Waals surface area contributed by atoms with Crippen LogP contribution in [0.15, 0.2) is 42.5 Å². The summed E-state index contributed by atoms with van der Waals surface area (Å²) in [6.45, 7) is 1.85. The molecule has 8 heteroatoms. The van der Waals surface area contributed by atoms with E-state index in [1.165, 1.54) is 18.2 Å². The lowest BCUT2D eigenvalue weighted by atomic mass is 9.79. The average Bonchev–Trinajstić information content (AvgIpc) is 2.52. The fraction of sp³-hybridized carbons (Fsp3) is 0.188. The number of amides is 1. The van der Waals surface area contributed by atoms with E-state index in [1.54, 1.807) is 19.1 Å². The van der Waals surface area contributed by atoms with Gasteiger partial charge in [0, 0.05) is 12.1 Å². The molecule has 0 aliphatic rings. The molecule has 1 amide bonds. The van der Waals surface area contributed by atoms with E-state index in [0.29, 0.717) is 5.46 Å². The zero-order chi connectivity index (χ0) is 17.9. The highest BCUT2D eigenvalue weighted by atomic mass is 19.4. The van der Waals surface area contributed by atoms with Gasteiger partial charge in [-0.15, -0.1) is 0 Å². The van der Waals surface area contributed by atoms with Gasteiger partial charge in [-0.25, -0.2) is 0 Å². The molecule has 0 saturated carbocycles. The number of hydrogen-bond acceptors (Lipinski definition) is 3. The van der Waals surface area contributed by atoms with E-state index >= 15 is 0 Å². The molecule has 2 aromatic rings. The minimum Gasteiger partial charge on any atom is -0.423 e. The smallest absolute Gasteiger partial charge is 0.423 e. The first-order valence-electron chi connectivity index (χ1n) is 7.09. The second-order valence-corrected chi connectivity index (χ2v) is 5.32. The lowest BCUT2D eigenvalue weighted by Gasteiger charge is -2.11. The highest BCUT2D eigenvalue weighted by Gasteiger charge is 2.30. The Morgan fingerprint density at radius 1 is 1.17 bits per heavy atom. The first-order valence-corrected chi connectivity index (χ1v) is 7.09. The average molecular weight is 337 g/mol. The van der Waals surface area contributed by atoms with E-state index in [0.717, 1.165) is 23.3 Å². The standard InChI is InChI=1S/C16H15BF3NO3/c1-10-7-14(17(23)24)6-5-12(10)9-21-15(22)11-3-2-4-13(8-11)16(18,19)20/h2-8,23-24H,9H2,1H3,(H,21,22). The van der Waals surface area contributed by atoms with E-state index in [2.05, 4.69) is 5.32 Å². The van der Waals surface area contributed by atoms with Crippen LogP contribution in [0, 0.1) is 6.92 Å². The molecule has 0 fully saturated rings. The highest BCUT2D eigenvalue weighted by molar-refractivity contribution is 6.58. The van der Waals surface area contributed by atoms with E-state index in [-0.39, 0.29) is 12.1 Å². The number of rotatable bonds is 4. The van der Waals surface area contributed by atoms with E-state index < -0.39 is 24.8 Å². The van der Waals surface area contributed by atoms with Gasteiger partial charge in [0.25, 0.3) is 5.91 Å². The van der Waals surface area contributed by atoms with Gasteiger partial charge in [0.15, 0.2) is 0 Å². The molecule has 0 atom stereocenters. The molecule has 3 N–H and O–H groups in total. The van der Waals surface area contributed by atoms with Crippen LogP contribution in [-0.4, -0.2) is 23.1 Å². The predicted octanol–water partition coefficient (Wildman–Crippen LogP) is 1.62. The molecule has 4 nitrogen and oxygen atoms in total. The minimum atomic E-state index is -4.51. The molecule has 0 radical (unpaired) electrons. The van der Waals surface area contributed by atoms with Crippen molar-refractivity contribution in [3.05, 3.63) is 64.7 Å². The third-order valence-electron chi connectivity index (χ3n) is 3.56. The topological polar surface area (TPSA) is 69.6 Å². The molecular weight excluding hydrogens is 322 g/mol. The van der Waals surface area contributed by atoms with Crippen molar-refractivity contribution in [2.45, 2.75) is 19.6 Å². The van der Waals surface area contributed by atoms with Crippen LogP contribution in [0.25, 0.3) is 0 Å². The van der Waals surface area contributed by atoms with Gasteiger partial charge in [0.1, 0.15) is 0 Å². The van der Waals surface area contributed by atoms with Crippen LogP contribution < -0.4 is 10.8 Å². The Hall–Kier alpha value is -2.32. The van der Waals surface area contributed by atoms with Gasteiger partial charge in [0.2, 0.25) is 0 Å². The van der Waals surface area contributed by atoms with Crippen LogP contribution in [0.1, 0.15) is 27.0 Å². The second-order valence-electron chi connectivity index (χ2n) is 5.32. The molecule has 126 valence electrons. The van der Waals surface area contributed by atoms with Gasteiger partial charge in [-0.05, 0) is 41.7 Å². The first-order chi connectivity index (χ1) is 11.2. The van der Waals surface area contributed by atoms with Crippen LogP contribution in [0.2, 0.25) is 0 Å². The minimum absolute atomic E-state index is 0.0788. The molecule has 0 aliphatic heterocycles. The molecule has 24 heavy (non-hydrogen) atoms. The Labute approximate surface area is 137 Å². The van der Waals surface area contributed by atoms with Crippen molar-refractivity contribution >= 4 is 18.5 Å². The Morgan fingerprint density at radius 2 is 1.88 bits per heavy atom. The zero-order valence-electron chi connectivity index (χ0n) is 12.8. The Kier molecular flexibility index (Phi) is 5.31. The van der Waals surface area contributed by atoms with E-state index in [4.69, 9.17) is 10.0 Å². The number of carbonyl (C=O) groups excluding carboxylic acids is 1. The number of alkyl halides is 3. The predicted molar refractivity (Wildman–Crippen MR) is 83.6 cm³/mol. The number of benzene rings is 2. The number of nitrogens with one attached hydrogen (secondary N) is 1. The summed E-state index contributed by atoms with van der Waals surface area (Å²) in [6.07, 6.45) is -4.51. The van der Waals surface area contributed by atoms with Crippen molar-refractivity contribution in [2.75, 3.05) is 0 Å². The van der Waals surface area contributed by atoms with Crippen LogP contribution >= 0.6 is 0 Å². The van der Waals surface area contributed by atoms with Crippen molar-refractivity contribution in [1.29, 1.82) is 0 Å². The number of hydrogen-bond donors (Lipinski definition) is 3. The molecule has 2 rings (SSSR count). The normalized spacial score (nSPS) is 11.2. The number of aryl methyl sites for hydroxylation is 1. The molecular formula is C16H15BF3NO3. The summed E-state index contributed by atoms with van der Waals surface area (Å²) < 4.78 is 38.0. The maximum Gasteiger partial charge on any atom is 0.488 e. The molecule has 0 aliphatic carbocycles. The quantitative estimate of drug-likeness (QED) is 0.743. The Balaban J connectivity index is 2.09. The van der Waals surface area contributed by atoms with Gasteiger partial charge < -0.3 is 15.4 Å². The summed E-state index contributed by atoms with van der Waals surface area (Å²) in [5.74, 6) is -0.619. The summed E-state index contributed by atoms with van der Waals surface area (Å²) in [7, 11) is -1.59. The Morgan fingerprint density at radius 3 is 2.46 bits per heavy atom. The fourth-order valence-electron chi connectivity index (χ4n) is 2.19. The van der Waals surface area contributed by atoms with Crippen molar-refractivity contribution in [1.82, 2.24) is 5.32 Å². The van der Waals surface area contributed by atoms with Crippen molar-refractivity contribution in [3.8, 4) is 0 Å². The third-order valence-corrected chi connectivity index (χ3v) is 3.56. The highest BCUT2D eigenvalue weighted by Crippen LogP contribution is 2.29. The van der Waals surface area contributed by atoms with Gasteiger partial charge in [-0.1, -0.05) is 24.3 Å². The van der Waals surface area contributed by atoms with Crippen molar-refractivity contribution < 1.29 is 28.0 Å². The van der Waals surface area contributed by atoms with E-state index in [9.17, 15) is 18.0 Å². The van der Waals surface area contributed by atoms with Crippen LogP contribution in [0.3, 0.4) is 0 Å².